The Kier molecular flexibility index (Phi) is 3.68. The molecule has 0 aliphatic heterocycles. The molecule has 112 valence electrons. The number of thiophene rings is 1. The first-order valence-corrected chi connectivity index (χ1v) is 8.77. The van der Waals surface area contributed by atoms with Crippen molar-refractivity contribution < 1.29 is 0 Å². The van der Waals surface area contributed by atoms with Gasteiger partial charge in [-0.25, -0.2) is 9.97 Å². The van der Waals surface area contributed by atoms with Gasteiger partial charge in [0, 0.05) is 9.90 Å². The molecule has 0 bridgehead atoms. The summed E-state index contributed by atoms with van der Waals surface area (Å²) in [5.74, 6) is 0.827. The SMILES string of the molecule is Clc1ccc(Nc2ncnc3sc4c(c23)CCCC4)c(Cl)c1. The number of benzene rings is 1. The molecule has 3 aromatic rings. The van der Waals surface area contributed by atoms with Gasteiger partial charge in [0.15, 0.2) is 0 Å². The second kappa shape index (κ2) is 5.69. The monoisotopic (exact) mass is 349 g/mol. The molecule has 0 radical (unpaired) electrons. The number of anilines is 2. The second-order valence-corrected chi connectivity index (χ2v) is 7.29. The number of aryl methyl sites for hydroxylation is 2. The van der Waals surface area contributed by atoms with E-state index in [1.807, 2.05) is 12.1 Å². The predicted molar refractivity (Wildman–Crippen MR) is 93.8 cm³/mol. The highest BCUT2D eigenvalue weighted by atomic mass is 35.5. The summed E-state index contributed by atoms with van der Waals surface area (Å²) in [7, 11) is 0. The minimum absolute atomic E-state index is 0.586. The smallest absolute Gasteiger partial charge is 0.142 e. The topological polar surface area (TPSA) is 37.8 Å². The zero-order valence-corrected chi connectivity index (χ0v) is 14.0. The fourth-order valence-electron chi connectivity index (χ4n) is 2.90. The standard InChI is InChI=1S/C16H13Cl2N3S/c17-9-5-6-12(11(18)7-9)21-15-14-10-3-1-2-4-13(10)22-16(14)20-8-19-15/h5-8H,1-4H2,(H,19,20,21). The van der Waals surface area contributed by atoms with E-state index in [1.54, 1.807) is 23.7 Å². The quantitative estimate of drug-likeness (QED) is 0.652. The van der Waals surface area contributed by atoms with E-state index in [9.17, 15) is 0 Å². The van der Waals surface area contributed by atoms with Gasteiger partial charge in [-0.3, -0.25) is 0 Å². The molecule has 0 unspecified atom stereocenters. The summed E-state index contributed by atoms with van der Waals surface area (Å²) in [5, 5.41) is 5.70. The van der Waals surface area contributed by atoms with Crippen molar-refractivity contribution in [2.75, 3.05) is 5.32 Å². The zero-order valence-electron chi connectivity index (χ0n) is 11.7. The summed E-state index contributed by atoms with van der Waals surface area (Å²) >= 11 is 14.0. The number of aromatic nitrogens is 2. The number of hydrogen-bond acceptors (Lipinski definition) is 4. The van der Waals surface area contributed by atoms with Crippen LogP contribution < -0.4 is 5.32 Å². The van der Waals surface area contributed by atoms with E-state index >= 15 is 0 Å². The van der Waals surface area contributed by atoms with Crippen LogP contribution in [-0.2, 0) is 12.8 Å². The highest BCUT2D eigenvalue weighted by Crippen LogP contribution is 2.39. The molecule has 1 aromatic carbocycles. The average Bonchev–Trinajstić information content (AvgIpc) is 2.89. The first kappa shape index (κ1) is 14.2. The molecule has 0 amide bonds. The fraction of sp³-hybridized carbons (Fsp3) is 0.250. The van der Waals surface area contributed by atoms with Crippen molar-refractivity contribution in [2.45, 2.75) is 25.7 Å². The largest absolute Gasteiger partial charge is 0.338 e. The molecule has 22 heavy (non-hydrogen) atoms. The minimum Gasteiger partial charge on any atom is -0.338 e. The molecule has 0 saturated carbocycles. The van der Waals surface area contributed by atoms with Gasteiger partial charge in [0.25, 0.3) is 0 Å². The Morgan fingerprint density at radius 2 is 1.95 bits per heavy atom. The average molecular weight is 350 g/mol. The van der Waals surface area contributed by atoms with Gasteiger partial charge in [0.05, 0.1) is 16.1 Å². The molecule has 1 aliphatic rings. The molecule has 1 aliphatic carbocycles. The number of rotatable bonds is 2. The fourth-order valence-corrected chi connectivity index (χ4v) is 4.59. The van der Waals surface area contributed by atoms with Crippen molar-refractivity contribution in [3.8, 4) is 0 Å². The van der Waals surface area contributed by atoms with Crippen molar-refractivity contribution in [1.29, 1.82) is 0 Å². The summed E-state index contributed by atoms with van der Waals surface area (Å²) in [6, 6.07) is 5.42. The Bertz CT molecular complexity index is 860. The molecule has 2 aromatic heterocycles. The minimum atomic E-state index is 0.586. The molecular formula is C16H13Cl2N3S. The van der Waals surface area contributed by atoms with Crippen LogP contribution in [-0.4, -0.2) is 9.97 Å². The number of nitrogens with one attached hydrogen (secondary N) is 1. The van der Waals surface area contributed by atoms with Gasteiger partial charge in [-0.1, -0.05) is 23.2 Å². The molecule has 4 rings (SSSR count). The third kappa shape index (κ3) is 2.45. The number of halogens is 2. The first-order chi connectivity index (χ1) is 10.7. The highest BCUT2D eigenvalue weighted by Gasteiger charge is 2.20. The summed E-state index contributed by atoms with van der Waals surface area (Å²) < 4.78 is 0. The second-order valence-electron chi connectivity index (χ2n) is 5.36. The van der Waals surface area contributed by atoms with Gasteiger partial charge < -0.3 is 5.32 Å². The maximum atomic E-state index is 6.26. The van der Waals surface area contributed by atoms with E-state index in [4.69, 9.17) is 23.2 Å². The van der Waals surface area contributed by atoms with E-state index in [2.05, 4.69) is 15.3 Å². The Hall–Kier alpha value is -1.36. The third-order valence-electron chi connectivity index (χ3n) is 3.94. The van der Waals surface area contributed by atoms with Gasteiger partial charge in [0.2, 0.25) is 0 Å². The molecule has 0 atom stereocenters. The van der Waals surface area contributed by atoms with Crippen LogP contribution in [0.4, 0.5) is 11.5 Å². The maximum Gasteiger partial charge on any atom is 0.142 e. The zero-order chi connectivity index (χ0) is 15.1. The van der Waals surface area contributed by atoms with Crippen molar-refractivity contribution in [3.63, 3.8) is 0 Å². The van der Waals surface area contributed by atoms with Crippen molar-refractivity contribution in [1.82, 2.24) is 9.97 Å². The van der Waals surface area contributed by atoms with Crippen LogP contribution in [0.15, 0.2) is 24.5 Å². The van der Waals surface area contributed by atoms with Crippen LogP contribution in [0.5, 0.6) is 0 Å². The van der Waals surface area contributed by atoms with Crippen LogP contribution >= 0.6 is 34.5 Å². The molecule has 0 saturated heterocycles. The van der Waals surface area contributed by atoms with Gasteiger partial charge in [-0.2, -0.15) is 0 Å². The predicted octanol–water partition coefficient (Wildman–Crippen LogP) is 5.62. The summed E-state index contributed by atoms with van der Waals surface area (Å²) in [5.41, 5.74) is 2.21. The van der Waals surface area contributed by atoms with Gasteiger partial charge in [0.1, 0.15) is 17.0 Å². The molecule has 2 heterocycles. The van der Waals surface area contributed by atoms with Crippen molar-refractivity contribution in [3.05, 3.63) is 45.0 Å². The molecule has 6 heteroatoms. The highest BCUT2D eigenvalue weighted by molar-refractivity contribution is 7.19. The van der Waals surface area contributed by atoms with E-state index in [0.717, 1.165) is 34.6 Å². The van der Waals surface area contributed by atoms with Crippen LogP contribution in [0, 0.1) is 0 Å². The Balaban J connectivity index is 1.83. The number of nitrogens with zero attached hydrogens (tertiary/aromatic N) is 2. The molecule has 1 N–H and O–H groups in total. The van der Waals surface area contributed by atoms with Crippen LogP contribution in [0.25, 0.3) is 10.2 Å². The summed E-state index contributed by atoms with van der Waals surface area (Å²) in [6.07, 6.45) is 6.35. The summed E-state index contributed by atoms with van der Waals surface area (Å²) in [4.78, 5) is 11.4. The van der Waals surface area contributed by atoms with Crippen molar-refractivity contribution in [2.24, 2.45) is 0 Å². The molecule has 0 fully saturated rings. The molecule has 0 spiro atoms. The lowest BCUT2D eigenvalue weighted by atomic mass is 9.97. The lowest BCUT2D eigenvalue weighted by molar-refractivity contribution is 0.700. The normalized spacial score (nSPS) is 14.1. The third-order valence-corrected chi connectivity index (χ3v) is 5.68. The Morgan fingerprint density at radius 1 is 1.09 bits per heavy atom. The molecule has 3 nitrogen and oxygen atoms in total. The maximum absolute atomic E-state index is 6.26. The van der Waals surface area contributed by atoms with Crippen LogP contribution in [0.3, 0.4) is 0 Å². The Morgan fingerprint density at radius 3 is 2.82 bits per heavy atom. The lowest BCUT2D eigenvalue weighted by Crippen LogP contribution is -2.01. The van der Waals surface area contributed by atoms with Gasteiger partial charge >= 0.3 is 0 Å². The summed E-state index contributed by atoms with van der Waals surface area (Å²) in [6.45, 7) is 0. The van der Waals surface area contributed by atoms with Crippen LogP contribution in [0.1, 0.15) is 23.3 Å². The first-order valence-electron chi connectivity index (χ1n) is 7.19. The Labute approximate surface area is 142 Å². The van der Waals surface area contributed by atoms with Gasteiger partial charge in [-0.05, 0) is 49.4 Å². The number of fused-ring (bicyclic) bond motifs is 3. The van der Waals surface area contributed by atoms with Crippen LogP contribution in [0.2, 0.25) is 10.0 Å². The molecular weight excluding hydrogens is 337 g/mol. The van der Waals surface area contributed by atoms with Crippen molar-refractivity contribution >= 4 is 56.3 Å². The number of hydrogen-bond donors (Lipinski definition) is 1. The van der Waals surface area contributed by atoms with E-state index in [1.165, 1.54) is 23.3 Å². The van der Waals surface area contributed by atoms with E-state index in [-0.39, 0.29) is 0 Å². The van der Waals surface area contributed by atoms with Gasteiger partial charge in [-0.15, -0.1) is 11.3 Å². The van der Waals surface area contributed by atoms with E-state index in [0.29, 0.717) is 10.0 Å². The lowest BCUT2D eigenvalue weighted by Gasteiger charge is -2.13. The van der Waals surface area contributed by atoms with E-state index < -0.39 is 0 Å².